The van der Waals surface area contributed by atoms with E-state index in [1.54, 1.807) is 6.08 Å². The topological polar surface area (TPSA) is 40.5 Å². The van der Waals surface area contributed by atoms with Gasteiger partial charge in [-0.2, -0.15) is 0 Å². The zero-order valence-electron chi connectivity index (χ0n) is 7.43. The smallest absolute Gasteiger partial charge is 0.0874 e. The molecular formula is C11H14O2. The van der Waals surface area contributed by atoms with Gasteiger partial charge in [-0.3, -0.25) is 0 Å². The van der Waals surface area contributed by atoms with E-state index in [4.69, 9.17) is 5.11 Å². The van der Waals surface area contributed by atoms with E-state index in [1.807, 2.05) is 30.3 Å². The maximum absolute atomic E-state index is 9.75. The highest BCUT2D eigenvalue weighted by molar-refractivity contribution is 5.19. The standard InChI is InChI=1S/C11H14O2/c1-2-9(8-12)11(13)10-6-4-3-5-7-10/h2-7,9,11-13H,1,8H2/t9-,11+/m1/s1. The fourth-order valence-corrected chi connectivity index (χ4v) is 1.20. The Morgan fingerprint density at radius 2 is 1.92 bits per heavy atom. The average molecular weight is 178 g/mol. The molecule has 70 valence electrons. The summed E-state index contributed by atoms with van der Waals surface area (Å²) in [4.78, 5) is 0. The third-order valence-corrected chi connectivity index (χ3v) is 2.06. The quantitative estimate of drug-likeness (QED) is 0.686. The molecule has 0 heterocycles. The molecule has 1 aromatic carbocycles. The van der Waals surface area contributed by atoms with Gasteiger partial charge in [-0.05, 0) is 5.56 Å². The first kappa shape index (κ1) is 9.96. The van der Waals surface area contributed by atoms with Crippen LogP contribution in [0.2, 0.25) is 0 Å². The SMILES string of the molecule is C=C[C@H](CO)[C@H](O)c1ccccc1. The molecule has 0 saturated heterocycles. The van der Waals surface area contributed by atoms with Crippen LogP contribution in [0.25, 0.3) is 0 Å². The maximum atomic E-state index is 9.75. The normalized spacial score (nSPS) is 14.9. The molecule has 0 saturated carbocycles. The molecule has 2 atom stereocenters. The number of benzene rings is 1. The molecule has 1 aromatic rings. The first-order chi connectivity index (χ1) is 6.29. The lowest BCUT2D eigenvalue weighted by atomic mass is 9.97. The van der Waals surface area contributed by atoms with E-state index in [0.717, 1.165) is 5.56 Å². The van der Waals surface area contributed by atoms with Gasteiger partial charge in [0, 0.05) is 5.92 Å². The Kier molecular flexibility index (Phi) is 3.68. The van der Waals surface area contributed by atoms with Crippen LogP contribution in [0, 0.1) is 5.92 Å². The second kappa shape index (κ2) is 4.80. The molecule has 2 N–H and O–H groups in total. The van der Waals surface area contributed by atoms with Gasteiger partial charge in [0.2, 0.25) is 0 Å². The van der Waals surface area contributed by atoms with Crippen LogP contribution in [0.4, 0.5) is 0 Å². The lowest BCUT2D eigenvalue weighted by Crippen LogP contribution is -2.13. The minimum atomic E-state index is -0.663. The third kappa shape index (κ3) is 2.41. The highest BCUT2D eigenvalue weighted by Crippen LogP contribution is 2.21. The van der Waals surface area contributed by atoms with Gasteiger partial charge in [0.05, 0.1) is 12.7 Å². The molecule has 0 aliphatic heterocycles. The maximum Gasteiger partial charge on any atom is 0.0874 e. The van der Waals surface area contributed by atoms with Crippen molar-refractivity contribution in [3.8, 4) is 0 Å². The molecule has 0 aromatic heterocycles. The van der Waals surface area contributed by atoms with E-state index in [0.29, 0.717) is 0 Å². The van der Waals surface area contributed by atoms with Crippen molar-refractivity contribution in [2.75, 3.05) is 6.61 Å². The summed E-state index contributed by atoms with van der Waals surface area (Å²) >= 11 is 0. The number of rotatable bonds is 4. The molecule has 2 nitrogen and oxygen atoms in total. The van der Waals surface area contributed by atoms with E-state index >= 15 is 0 Å². The zero-order chi connectivity index (χ0) is 9.68. The predicted molar refractivity (Wildman–Crippen MR) is 52.2 cm³/mol. The number of aliphatic hydroxyl groups excluding tert-OH is 2. The first-order valence-corrected chi connectivity index (χ1v) is 4.26. The second-order valence-corrected chi connectivity index (χ2v) is 2.94. The van der Waals surface area contributed by atoms with Gasteiger partial charge >= 0.3 is 0 Å². The van der Waals surface area contributed by atoms with Crippen molar-refractivity contribution in [2.24, 2.45) is 5.92 Å². The van der Waals surface area contributed by atoms with Crippen LogP contribution in [0.15, 0.2) is 43.0 Å². The van der Waals surface area contributed by atoms with Gasteiger partial charge in [-0.15, -0.1) is 6.58 Å². The Morgan fingerprint density at radius 3 is 2.38 bits per heavy atom. The van der Waals surface area contributed by atoms with E-state index in [9.17, 15) is 5.11 Å². The van der Waals surface area contributed by atoms with Gasteiger partial charge in [0.1, 0.15) is 0 Å². The van der Waals surface area contributed by atoms with Crippen molar-refractivity contribution in [3.05, 3.63) is 48.6 Å². The molecule has 0 bridgehead atoms. The van der Waals surface area contributed by atoms with Crippen molar-refractivity contribution in [1.82, 2.24) is 0 Å². The van der Waals surface area contributed by atoms with Crippen LogP contribution in [-0.4, -0.2) is 16.8 Å². The highest BCUT2D eigenvalue weighted by Gasteiger charge is 2.16. The number of hydrogen-bond acceptors (Lipinski definition) is 2. The third-order valence-electron chi connectivity index (χ3n) is 2.06. The van der Waals surface area contributed by atoms with Crippen LogP contribution in [0.1, 0.15) is 11.7 Å². The summed E-state index contributed by atoms with van der Waals surface area (Å²) in [7, 11) is 0. The average Bonchev–Trinajstić information content (AvgIpc) is 2.21. The summed E-state index contributed by atoms with van der Waals surface area (Å²) in [5.41, 5.74) is 0.807. The monoisotopic (exact) mass is 178 g/mol. The molecule has 0 radical (unpaired) electrons. The Balaban J connectivity index is 2.77. The number of aliphatic hydroxyl groups is 2. The van der Waals surface area contributed by atoms with Gasteiger partial charge in [-0.25, -0.2) is 0 Å². The van der Waals surface area contributed by atoms with Gasteiger partial charge in [0.15, 0.2) is 0 Å². The fraction of sp³-hybridized carbons (Fsp3) is 0.273. The highest BCUT2D eigenvalue weighted by atomic mass is 16.3. The molecule has 2 heteroatoms. The predicted octanol–water partition coefficient (Wildman–Crippen LogP) is 1.51. The van der Waals surface area contributed by atoms with Crippen LogP contribution in [0.5, 0.6) is 0 Å². The van der Waals surface area contributed by atoms with Crippen molar-refractivity contribution in [3.63, 3.8) is 0 Å². The summed E-state index contributed by atoms with van der Waals surface area (Å²) in [6.45, 7) is 3.47. The fourth-order valence-electron chi connectivity index (χ4n) is 1.20. The lowest BCUT2D eigenvalue weighted by molar-refractivity contribution is 0.0921. The van der Waals surface area contributed by atoms with Gasteiger partial charge < -0.3 is 10.2 Å². The summed E-state index contributed by atoms with van der Waals surface area (Å²) in [6.07, 6.45) is 0.904. The molecule has 0 unspecified atom stereocenters. The Morgan fingerprint density at radius 1 is 1.31 bits per heavy atom. The Hall–Kier alpha value is -1.12. The van der Waals surface area contributed by atoms with Crippen LogP contribution >= 0.6 is 0 Å². The lowest BCUT2D eigenvalue weighted by Gasteiger charge is -2.17. The Labute approximate surface area is 78.2 Å². The van der Waals surface area contributed by atoms with E-state index in [-0.39, 0.29) is 12.5 Å². The summed E-state index contributed by atoms with van der Waals surface area (Å²) in [5, 5.41) is 18.7. The van der Waals surface area contributed by atoms with Crippen LogP contribution in [-0.2, 0) is 0 Å². The van der Waals surface area contributed by atoms with E-state index in [2.05, 4.69) is 6.58 Å². The molecule has 0 aliphatic carbocycles. The van der Waals surface area contributed by atoms with Crippen molar-refractivity contribution in [1.29, 1.82) is 0 Å². The molecule has 0 fully saturated rings. The molecule has 1 rings (SSSR count). The van der Waals surface area contributed by atoms with E-state index < -0.39 is 6.10 Å². The summed E-state index contributed by atoms with van der Waals surface area (Å²) in [5.74, 6) is -0.289. The number of hydrogen-bond donors (Lipinski definition) is 2. The first-order valence-electron chi connectivity index (χ1n) is 4.26. The summed E-state index contributed by atoms with van der Waals surface area (Å²) < 4.78 is 0. The van der Waals surface area contributed by atoms with Crippen LogP contribution < -0.4 is 0 Å². The van der Waals surface area contributed by atoms with Crippen molar-refractivity contribution < 1.29 is 10.2 Å². The second-order valence-electron chi connectivity index (χ2n) is 2.94. The van der Waals surface area contributed by atoms with Crippen LogP contribution in [0.3, 0.4) is 0 Å². The molecule has 13 heavy (non-hydrogen) atoms. The molecule has 0 amide bonds. The Bertz CT molecular complexity index is 256. The van der Waals surface area contributed by atoms with Crippen molar-refractivity contribution >= 4 is 0 Å². The zero-order valence-corrected chi connectivity index (χ0v) is 7.43. The molecule has 0 aliphatic rings. The van der Waals surface area contributed by atoms with Gasteiger partial charge in [-0.1, -0.05) is 36.4 Å². The summed E-state index contributed by atoms with van der Waals surface area (Å²) in [6, 6.07) is 9.26. The van der Waals surface area contributed by atoms with Crippen molar-refractivity contribution in [2.45, 2.75) is 6.10 Å². The van der Waals surface area contributed by atoms with E-state index in [1.165, 1.54) is 0 Å². The molecule has 0 spiro atoms. The molecular weight excluding hydrogens is 164 g/mol. The minimum Gasteiger partial charge on any atom is -0.396 e. The largest absolute Gasteiger partial charge is 0.396 e. The van der Waals surface area contributed by atoms with Gasteiger partial charge in [0.25, 0.3) is 0 Å². The minimum absolute atomic E-state index is 0.0838.